The molecule has 1 aliphatic rings. The summed E-state index contributed by atoms with van der Waals surface area (Å²) in [5.74, 6) is 0. The van der Waals surface area contributed by atoms with Gasteiger partial charge in [-0.3, -0.25) is 0 Å². The maximum Gasteiger partial charge on any atom is 0.0513 e. The van der Waals surface area contributed by atoms with Gasteiger partial charge in [-0.25, -0.2) is 0 Å². The zero-order valence-electron chi connectivity index (χ0n) is 3.46. The maximum absolute atomic E-state index is 2.00. The molecular weight excluding hydrogens is 184 g/mol. The van der Waals surface area contributed by atoms with E-state index in [2.05, 4.69) is 0 Å². The molecule has 0 aliphatic carbocycles. The quantitative estimate of drug-likeness (QED) is 0.533. The minimum Gasteiger partial charge on any atom is -0.138 e. The highest BCUT2D eigenvalue weighted by molar-refractivity contribution is 9.27. The first-order valence-electron chi connectivity index (χ1n) is 1.65. The van der Waals surface area contributed by atoms with Crippen molar-refractivity contribution in [3.63, 3.8) is 0 Å². The Kier molecular flexibility index (Phi) is 4.52. The van der Waals surface area contributed by atoms with Crippen LogP contribution < -0.4 is 0 Å². The van der Waals surface area contributed by atoms with E-state index in [-0.39, 0.29) is 0 Å². The van der Waals surface area contributed by atoms with E-state index >= 15 is 0 Å². The average molecular weight is 188 g/mol. The predicted octanol–water partition coefficient (Wildman–Crippen LogP) is 3.33. The largest absolute Gasteiger partial charge is 0.138 e. The lowest BCUT2D eigenvalue weighted by atomic mass is 11.9. The predicted molar refractivity (Wildman–Crippen MR) is 47.7 cm³/mol. The van der Waals surface area contributed by atoms with Crippen LogP contribution in [0.2, 0.25) is 0 Å². The van der Waals surface area contributed by atoms with Crippen molar-refractivity contribution in [3.8, 4) is 0 Å². The molecule has 0 N–H and O–H groups in total. The van der Waals surface area contributed by atoms with Gasteiger partial charge in [0.15, 0.2) is 0 Å². The summed E-state index contributed by atoms with van der Waals surface area (Å²) in [6, 6.07) is 0. The smallest absolute Gasteiger partial charge is 0.0513 e. The highest BCUT2D eigenvalue weighted by atomic mass is 33.7. The van der Waals surface area contributed by atoms with Crippen molar-refractivity contribution < 1.29 is 0 Å². The summed E-state index contributed by atoms with van der Waals surface area (Å²) in [5, 5.41) is 2.51. The van der Waals surface area contributed by atoms with Crippen LogP contribution in [0, 0.1) is 0 Å². The molecule has 0 amide bonds. The molecule has 5 heteroatoms. The molecule has 0 aromatic rings. The lowest BCUT2D eigenvalue weighted by molar-refractivity contribution is 2.19. The van der Waals surface area contributed by atoms with Gasteiger partial charge >= 0.3 is 0 Å². The zero-order chi connectivity index (χ0) is 4.95. The van der Waals surface area contributed by atoms with Gasteiger partial charge in [0.05, 0.1) is 10.2 Å². The van der Waals surface area contributed by atoms with Crippen LogP contribution in [-0.4, -0.2) is 10.2 Å². The van der Waals surface area contributed by atoms with E-state index in [9.17, 15) is 0 Å². The van der Waals surface area contributed by atoms with Crippen LogP contribution in [-0.2, 0) is 0 Å². The van der Waals surface area contributed by atoms with Crippen LogP contribution >= 0.6 is 53.0 Å². The van der Waals surface area contributed by atoms with E-state index in [4.69, 9.17) is 0 Å². The van der Waals surface area contributed by atoms with Crippen molar-refractivity contribution in [3.05, 3.63) is 0 Å². The second-order valence-corrected chi connectivity index (χ2v) is 8.53. The Balaban J connectivity index is 2.04. The molecular formula is C2H4S5. The van der Waals surface area contributed by atoms with Gasteiger partial charge in [-0.2, -0.15) is 0 Å². The summed E-state index contributed by atoms with van der Waals surface area (Å²) >= 11 is 2.00. The summed E-state index contributed by atoms with van der Waals surface area (Å²) in [6.07, 6.45) is 0. The van der Waals surface area contributed by atoms with Crippen LogP contribution in [0.4, 0.5) is 0 Å². The Morgan fingerprint density at radius 3 is 2.00 bits per heavy atom. The second-order valence-electron chi connectivity index (χ2n) is 0.812. The summed E-state index contributed by atoms with van der Waals surface area (Å²) in [5.41, 5.74) is 0. The van der Waals surface area contributed by atoms with Crippen molar-refractivity contribution in [1.29, 1.82) is 0 Å². The molecule has 0 atom stereocenters. The molecule has 1 saturated heterocycles. The van der Waals surface area contributed by atoms with Gasteiger partial charge in [-0.1, -0.05) is 21.6 Å². The summed E-state index contributed by atoms with van der Waals surface area (Å²) in [4.78, 5) is 0. The number of thioether (sulfide) groups is 1. The topological polar surface area (TPSA) is 0 Å². The summed E-state index contributed by atoms with van der Waals surface area (Å²) in [6.45, 7) is 0. The molecule has 1 heterocycles. The highest BCUT2D eigenvalue weighted by Gasteiger charge is 1.98. The van der Waals surface area contributed by atoms with E-state index < -0.39 is 0 Å². The van der Waals surface area contributed by atoms with Crippen molar-refractivity contribution in [2.45, 2.75) is 0 Å². The molecule has 0 nitrogen and oxygen atoms in total. The second kappa shape index (κ2) is 4.61. The molecule has 0 bridgehead atoms. The Bertz CT molecular complexity index is 25.7. The van der Waals surface area contributed by atoms with Gasteiger partial charge in [0, 0.05) is 0 Å². The first-order chi connectivity index (χ1) is 3.50. The first kappa shape index (κ1) is 6.86. The summed E-state index contributed by atoms with van der Waals surface area (Å²) in [7, 11) is 7.66. The lowest BCUT2D eigenvalue weighted by Gasteiger charge is -1.83. The van der Waals surface area contributed by atoms with E-state index in [0.29, 0.717) is 0 Å². The van der Waals surface area contributed by atoms with Crippen molar-refractivity contribution in [2.75, 3.05) is 10.2 Å². The van der Waals surface area contributed by atoms with Crippen LogP contribution in [0.1, 0.15) is 0 Å². The highest BCUT2D eigenvalue weighted by Crippen LogP contribution is 2.48. The fraction of sp³-hybridized carbons (Fsp3) is 1.00. The van der Waals surface area contributed by atoms with Gasteiger partial charge in [0.25, 0.3) is 0 Å². The minimum atomic E-state index is 1.25. The average Bonchev–Trinajstić information content (AvgIpc) is 1.90. The third kappa shape index (κ3) is 3.35. The Labute approximate surface area is 62.9 Å². The molecule has 42 valence electrons. The van der Waals surface area contributed by atoms with Crippen molar-refractivity contribution in [1.82, 2.24) is 0 Å². The Hall–Kier alpha value is 1.75. The minimum absolute atomic E-state index is 1.25. The Morgan fingerprint density at radius 2 is 1.43 bits per heavy atom. The van der Waals surface area contributed by atoms with E-state index in [1.807, 2.05) is 53.0 Å². The van der Waals surface area contributed by atoms with Crippen molar-refractivity contribution >= 4 is 53.0 Å². The van der Waals surface area contributed by atoms with Gasteiger partial charge in [0.1, 0.15) is 0 Å². The normalized spacial score (nSPS) is 24.0. The molecule has 1 fully saturated rings. The van der Waals surface area contributed by atoms with Crippen LogP contribution in [0.5, 0.6) is 0 Å². The maximum atomic E-state index is 2.00. The molecule has 0 saturated carbocycles. The monoisotopic (exact) mass is 188 g/mol. The zero-order valence-corrected chi connectivity index (χ0v) is 7.54. The molecule has 0 unspecified atom stereocenters. The summed E-state index contributed by atoms with van der Waals surface area (Å²) < 4.78 is 0. The SMILES string of the molecule is C1SCSSSS1. The molecule has 0 aromatic carbocycles. The van der Waals surface area contributed by atoms with E-state index in [1.165, 1.54) is 10.2 Å². The standard InChI is InChI=1S/C2H4S5/c1-3-2-5-7-6-4-1/h1-2H2. The van der Waals surface area contributed by atoms with Crippen molar-refractivity contribution in [2.24, 2.45) is 0 Å². The van der Waals surface area contributed by atoms with Crippen LogP contribution in [0.15, 0.2) is 0 Å². The van der Waals surface area contributed by atoms with Gasteiger partial charge < -0.3 is 0 Å². The Morgan fingerprint density at radius 1 is 0.857 bits per heavy atom. The van der Waals surface area contributed by atoms with Gasteiger partial charge in [-0.15, -0.1) is 11.8 Å². The molecule has 7 heavy (non-hydrogen) atoms. The van der Waals surface area contributed by atoms with Gasteiger partial charge in [0.2, 0.25) is 0 Å². The molecule has 1 aliphatic heterocycles. The van der Waals surface area contributed by atoms with E-state index in [0.717, 1.165) is 0 Å². The van der Waals surface area contributed by atoms with E-state index in [1.54, 1.807) is 0 Å². The van der Waals surface area contributed by atoms with Crippen LogP contribution in [0.25, 0.3) is 0 Å². The molecule has 0 radical (unpaired) electrons. The third-order valence-corrected chi connectivity index (χ3v) is 8.95. The fourth-order valence-electron chi connectivity index (χ4n) is 0.181. The fourth-order valence-corrected chi connectivity index (χ4v) is 9.12. The molecule has 1 rings (SSSR count). The lowest BCUT2D eigenvalue weighted by Crippen LogP contribution is -1.60. The number of hydrogen-bond donors (Lipinski definition) is 0. The third-order valence-electron chi connectivity index (χ3n) is 0.387. The van der Waals surface area contributed by atoms with Gasteiger partial charge in [-0.05, 0) is 19.7 Å². The molecule has 0 spiro atoms. The van der Waals surface area contributed by atoms with Crippen LogP contribution in [0.3, 0.4) is 0 Å². The number of rotatable bonds is 0. The molecule has 0 aromatic heterocycles. The number of hydrogen-bond acceptors (Lipinski definition) is 5. The first-order valence-corrected chi connectivity index (χ1v) is 7.96.